The molecule has 0 bridgehead atoms. The van der Waals surface area contributed by atoms with E-state index >= 15 is 0 Å². The highest BCUT2D eigenvalue weighted by molar-refractivity contribution is 14.1. The second kappa shape index (κ2) is 5.34. The van der Waals surface area contributed by atoms with E-state index < -0.39 is 0 Å². The van der Waals surface area contributed by atoms with E-state index in [0.717, 1.165) is 9.26 Å². The molecule has 0 aliphatic carbocycles. The molecule has 92 valence electrons. The van der Waals surface area contributed by atoms with Crippen molar-refractivity contribution in [3.63, 3.8) is 0 Å². The molecule has 1 heterocycles. The summed E-state index contributed by atoms with van der Waals surface area (Å²) in [6.45, 7) is 2.02. The van der Waals surface area contributed by atoms with Crippen LogP contribution in [-0.4, -0.2) is 10.9 Å². The molecule has 2 rings (SSSR count). The van der Waals surface area contributed by atoms with Gasteiger partial charge in [0.15, 0.2) is 0 Å². The number of nitrogen functional groups attached to an aromatic ring is 1. The van der Waals surface area contributed by atoms with Crippen molar-refractivity contribution in [3.8, 4) is 0 Å². The van der Waals surface area contributed by atoms with Crippen LogP contribution in [0.2, 0.25) is 0 Å². The summed E-state index contributed by atoms with van der Waals surface area (Å²) in [5.74, 6) is -0.241. The third-order valence-electron chi connectivity index (χ3n) is 2.45. The van der Waals surface area contributed by atoms with Gasteiger partial charge in [0.1, 0.15) is 5.69 Å². The van der Waals surface area contributed by atoms with E-state index in [0.29, 0.717) is 11.4 Å². The number of pyridine rings is 1. The Balaban J connectivity index is 2.16. The molecule has 0 spiro atoms. The van der Waals surface area contributed by atoms with E-state index in [1.807, 2.05) is 25.1 Å². The first kappa shape index (κ1) is 12.8. The van der Waals surface area contributed by atoms with Crippen molar-refractivity contribution in [3.05, 3.63) is 51.4 Å². The van der Waals surface area contributed by atoms with E-state index in [4.69, 9.17) is 5.73 Å². The van der Waals surface area contributed by atoms with Gasteiger partial charge in [0.2, 0.25) is 0 Å². The molecular formula is C13H12IN3O. The van der Waals surface area contributed by atoms with Crippen molar-refractivity contribution in [1.29, 1.82) is 0 Å². The van der Waals surface area contributed by atoms with Crippen molar-refractivity contribution < 1.29 is 4.79 Å². The van der Waals surface area contributed by atoms with Crippen molar-refractivity contribution in [2.45, 2.75) is 6.92 Å². The topological polar surface area (TPSA) is 68.0 Å². The molecule has 3 N–H and O–H groups in total. The van der Waals surface area contributed by atoms with Gasteiger partial charge < -0.3 is 11.1 Å². The third kappa shape index (κ3) is 2.98. The van der Waals surface area contributed by atoms with Gasteiger partial charge in [-0.25, -0.2) is 4.98 Å². The average Bonchev–Trinajstić information content (AvgIpc) is 2.34. The standard InChI is InChI=1S/C13H12IN3O/c1-8-2-4-10(6-11(8)14)17-13(18)12-5-3-9(15)7-16-12/h2-7H,15H2,1H3,(H,17,18). The zero-order chi connectivity index (χ0) is 13.1. The molecule has 4 nitrogen and oxygen atoms in total. The molecule has 2 aromatic rings. The second-order valence-electron chi connectivity index (χ2n) is 3.89. The van der Waals surface area contributed by atoms with Gasteiger partial charge in [-0.3, -0.25) is 4.79 Å². The van der Waals surface area contributed by atoms with Gasteiger partial charge in [-0.2, -0.15) is 0 Å². The van der Waals surface area contributed by atoms with Crippen molar-refractivity contribution in [2.24, 2.45) is 0 Å². The monoisotopic (exact) mass is 353 g/mol. The zero-order valence-electron chi connectivity index (χ0n) is 9.77. The molecule has 5 heteroatoms. The lowest BCUT2D eigenvalue weighted by Gasteiger charge is -2.06. The van der Waals surface area contributed by atoms with E-state index in [1.54, 1.807) is 12.1 Å². The predicted molar refractivity (Wildman–Crippen MR) is 80.5 cm³/mol. The van der Waals surface area contributed by atoms with Crippen LogP contribution < -0.4 is 11.1 Å². The van der Waals surface area contributed by atoms with E-state index in [-0.39, 0.29) is 5.91 Å². The van der Waals surface area contributed by atoms with Crippen molar-refractivity contribution in [1.82, 2.24) is 4.98 Å². The van der Waals surface area contributed by atoms with E-state index in [9.17, 15) is 4.79 Å². The number of carbonyl (C=O) groups is 1. The Morgan fingerprint density at radius 2 is 2.11 bits per heavy atom. The van der Waals surface area contributed by atoms with Crippen LogP contribution in [0.3, 0.4) is 0 Å². The summed E-state index contributed by atoms with van der Waals surface area (Å²) in [5.41, 5.74) is 8.34. The predicted octanol–water partition coefficient (Wildman–Crippen LogP) is 2.83. The quantitative estimate of drug-likeness (QED) is 0.816. The van der Waals surface area contributed by atoms with Gasteiger partial charge in [0, 0.05) is 9.26 Å². The molecule has 0 aliphatic rings. The summed E-state index contributed by atoms with van der Waals surface area (Å²) in [4.78, 5) is 15.9. The smallest absolute Gasteiger partial charge is 0.274 e. The van der Waals surface area contributed by atoms with Gasteiger partial charge in [-0.15, -0.1) is 0 Å². The summed E-state index contributed by atoms with van der Waals surface area (Å²) in [6.07, 6.45) is 1.47. The minimum Gasteiger partial charge on any atom is -0.397 e. The van der Waals surface area contributed by atoms with E-state index in [1.165, 1.54) is 11.8 Å². The fourth-order valence-electron chi connectivity index (χ4n) is 1.41. The number of anilines is 2. The highest BCUT2D eigenvalue weighted by Crippen LogP contribution is 2.17. The van der Waals surface area contributed by atoms with Crippen LogP contribution >= 0.6 is 22.6 Å². The molecule has 0 unspecified atom stereocenters. The van der Waals surface area contributed by atoms with E-state index in [2.05, 4.69) is 32.9 Å². The fourth-order valence-corrected chi connectivity index (χ4v) is 1.92. The number of amides is 1. The zero-order valence-corrected chi connectivity index (χ0v) is 11.9. The molecule has 1 amide bonds. The SMILES string of the molecule is Cc1ccc(NC(=O)c2ccc(N)cn2)cc1I. The number of benzene rings is 1. The Bertz CT molecular complexity index is 581. The maximum atomic E-state index is 11.9. The second-order valence-corrected chi connectivity index (χ2v) is 5.06. The maximum Gasteiger partial charge on any atom is 0.274 e. The van der Waals surface area contributed by atoms with Crippen LogP contribution in [0.25, 0.3) is 0 Å². The molecule has 0 radical (unpaired) electrons. The Morgan fingerprint density at radius 3 is 2.72 bits per heavy atom. The van der Waals surface area contributed by atoms with Crippen molar-refractivity contribution >= 4 is 39.9 Å². The molecule has 0 saturated carbocycles. The Labute approximate surface area is 119 Å². The maximum absolute atomic E-state index is 11.9. The normalized spacial score (nSPS) is 10.1. The van der Waals surface area contributed by atoms with Gasteiger partial charge >= 0.3 is 0 Å². The highest BCUT2D eigenvalue weighted by Gasteiger charge is 2.07. The lowest BCUT2D eigenvalue weighted by molar-refractivity contribution is 0.102. The van der Waals surface area contributed by atoms with Gasteiger partial charge in [0.05, 0.1) is 11.9 Å². The highest BCUT2D eigenvalue weighted by atomic mass is 127. The number of carbonyl (C=O) groups excluding carboxylic acids is 1. The summed E-state index contributed by atoms with van der Waals surface area (Å²) >= 11 is 2.23. The van der Waals surface area contributed by atoms with Crippen LogP contribution in [-0.2, 0) is 0 Å². The Hall–Kier alpha value is -1.63. The fraction of sp³-hybridized carbons (Fsp3) is 0.0769. The lowest BCUT2D eigenvalue weighted by atomic mass is 10.2. The van der Waals surface area contributed by atoms with Crippen LogP contribution in [0.15, 0.2) is 36.5 Å². The molecule has 0 fully saturated rings. The summed E-state index contributed by atoms with van der Waals surface area (Å²) in [7, 11) is 0. The average molecular weight is 353 g/mol. The van der Waals surface area contributed by atoms with Crippen LogP contribution in [0, 0.1) is 10.5 Å². The molecule has 0 atom stereocenters. The molecular weight excluding hydrogens is 341 g/mol. The molecule has 0 aliphatic heterocycles. The number of aryl methyl sites for hydroxylation is 1. The first-order valence-electron chi connectivity index (χ1n) is 5.35. The van der Waals surface area contributed by atoms with Crippen LogP contribution in [0.5, 0.6) is 0 Å². The first-order valence-corrected chi connectivity index (χ1v) is 6.43. The summed E-state index contributed by atoms with van der Waals surface area (Å²) in [6, 6.07) is 9.01. The number of aromatic nitrogens is 1. The minimum atomic E-state index is -0.241. The summed E-state index contributed by atoms with van der Waals surface area (Å²) < 4.78 is 1.11. The third-order valence-corrected chi connectivity index (χ3v) is 3.61. The minimum absolute atomic E-state index is 0.241. The van der Waals surface area contributed by atoms with Crippen LogP contribution in [0.1, 0.15) is 16.1 Å². The molecule has 18 heavy (non-hydrogen) atoms. The molecule has 1 aromatic heterocycles. The van der Waals surface area contributed by atoms with Gasteiger partial charge in [-0.05, 0) is 59.3 Å². The number of nitrogens with two attached hydrogens (primary N) is 1. The van der Waals surface area contributed by atoms with Gasteiger partial charge in [-0.1, -0.05) is 6.07 Å². The Kier molecular flexibility index (Phi) is 3.81. The molecule has 0 saturated heterocycles. The first-order chi connectivity index (χ1) is 8.56. The number of nitrogens with one attached hydrogen (secondary N) is 1. The largest absolute Gasteiger partial charge is 0.397 e. The number of nitrogens with zero attached hydrogens (tertiary/aromatic N) is 1. The molecule has 1 aromatic carbocycles. The lowest BCUT2D eigenvalue weighted by Crippen LogP contribution is -2.13. The number of halogens is 1. The van der Waals surface area contributed by atoms with Crippen LogP contribution in [0.4, 0.5) is 11.4 Å². The Morgan fingerprint density at radius 1 is 1.33 bits per heavy atom. The summed E-state index contributed by atoms with van der Waals surface area (Å²) in [5, 5.41) is 2.80. The van der Waals surface area contributed by atoms with Gasteiger partial charge in [0.25, 0.3) is 5.91 Å². The van der Waals surface area contributed by atoms with Crippen molar-refractivity contribution in [2.75, 3.05) is 11.1 Å². The number of hydrogen-bond donors (Lipinski definition) is 2. The number of hydrogen-bond acceptors (Lipinski definition) is 3. The number of rotatable bonds is 2.